The fourth-order valence-corrected chi connectivity index (χ4v) is 4.50. The number of aromatic nitrogens is 5. The third-order valence-electron chi connectivity index (χ3n) is 6.40. The zero-order valence-corrected chi connectivity index (χ0v) is 19.7. The molecular formula is C26H24N8O2. The molecule has 36 heavy (non-hydrogen) atoms. The highest BCUT2D eigenvalue weighted by Crippen LogP contribution is 2.24. The zero-order chi connectivity index (χ0) is 24.5. The molecule has 0 unspecified atom stereocenters. The number of ether oxygens (including phenoxy) is 1. The van der Waals surface area contributed by atoms with Crippen LogP contribution in [0.2, 0.25) is 0 Å². The third-order valence-corrected chi connectivity index (χ3v) is 6.40. The van der Waals surface area contributed by atoms with E-state index in [0.29, 0.717) is 30.1 Å². The van der Waals surface area contributed by atoms with Gasteiger partial charge < -0.3 is 19.9 Å². The first kappa shape index (κ1) is 21.8. The van der Waals surface area contributed by atoms with E-state index in [1.165, 1.54) is 0 Å². The van der Waals surface area contributed by atoms with Crippen molar-refractivity contribution in [3.8, 4) is 5.75 Å². The van der Waals surface area contributed by atoms with Crippen molar-refractivity contribution < 1.29 is 9.53 Å². The van der Waals surface area contributed by atoms with Crippen LogP contribution in [-0.4, -0.2) is 69.1 Å². The van der Waals surface area contributed by atoms with Gasteiger partial charge >= 0.3 is 0 Å². The number of amides is 1. The van der Waals surface area contributed by atoms with E-state index in [1.807, 2.05) is 77.7 Å². The van der Waals surface area contributed by atoms with Gasteiger partial charge in [-0.15, -0.1) is 5.10 Å². The molecule has 1 aliphatic rings. The second kappa shape index (κ2) is 9.14. The summed E-state index contributed by atoms with van der Waals surface area (Å²) in [6, 6.07) is 23.1. The molecule has 10 heteroatoms. The smallest absolute Gasteiger partial charge is 0.254 e. The first-order valence-electron chi connectivity index (χ1n) is 11.7. The lowest BCUT2D eigenvalue weighted by Gasteiger charge is -2.36. The van der Waals surface area contributed by atoms with E-state index >= 15 is 0 Å². The van der Waals surface area contributed by atoms with Crippen LogP contribution < -0.4 is 15.0 Å². The van der Waals surface area contributed by atoms with Gasteiger partial charge in [-0.1, -0.05) is 18.2 Å². The highest BCUT2D eigenvalue weighted by molar-refractivity contribution is 5.95. The van der Waals surface area contributed by atoms with Crippen molar-refractivity contribution in [1.82, 2.24) is 29.9 Å². The highest BCUT2D eigenvalue weighted by Gasteiger charge is 2.23. The second-order valence-electron chi connectivity index (χ2n) is 8.55. The molecule has 0 atom stereocenters. The fourth-order valence-electron chi connectivity index (χ4n) is 4.50. The van der Waals surface area contributed by atoms with E-state index in [2.05, 4.69) is 25.7 Å². The van der Waals surface area contributed by atoms with Crippen LogP contribution in [-0.2, 0) is 0 Å². The Morgan fingerprint density at radius 2 is 1.75 bits per heavy atom. The summed E-state index contributed by atoms with van der Waals surface area (Å²) in [5.41, 5.74) is 4.59. The van der Waals surface area contributed by atoms with Gasteiger partial charge in [0.15, 0.2) is 5.82 Å². The number of methoxy groups -OCH3 is 1. The lowest BCUT2D eigenvalue weighted by atomic mass is 10.1. The summed E-state index contributed by atoms with van der Waals surface area (Å²) < 4.78 is 6.90. The minimum absolute atomic E-state index is 0.00814. The number of tetrazole rings is 1. The molecule has 1 amide bonds. The van der Waals surface area contributed by atoms with Crippen LogP contribution in [0.3, 0.4) is 0 Å². The van der Waals surface area contributed by atoms with Crippen molar-refractivity contribution in [2.45, 2.75) is 0 Å². The topological polar surface area (TPSA) is 101 Å². The molecule has 1 N–H and O–H groups in total. The van der Waals surface area contributed by atoms with Crippen LogP contribution in [0.15, 0.2) is 72.8 Å². The maximum atomic E-state index is 13.3. The summed E-state index contributed by atoms with van der Waals surface area (Å²) in [6.07, 6.45) is 0. The minimum Gasteiger partial charge on any atom is -0.497 e. The lowest BCUT2D eigenvalue weighted by Crippen LogP contribution is -2.48. The quantitative estimate of drug-likeness (QED) is 0.409. The van der Waals surface area contributed by atoms with E-state index in [4.69, 9.17) is 9.72 Å². The first-order valence-corrected chi connectivity index (χ1v) is 11.7. The number of benzene rings is 3. The summed E-state index contributed by atoms with van der Waals surface area (Å²) in [4.78, 5) is 22.2. The van der Waals surface area contributed by atoms with Crippen LogP contribution in [0.5, 0.6) is 5.75 Å². The van der Waals surface area contributed by atoms with Crippen LogP contribution in [0, 0.1) is 0 Å². The standard InChI is InChI=1S/C26H24N8O2/c1-36-21-11-9-20(10-12-21)32-13-15-33(16-14-32)26(35)18-5-4-6-19(17-18)27-24-25-29-30-31-34(25)23-8-3-2-7-22(23)28-24/h2-12,17H,13-16H2,1H3,(H,27,28). The Kier molecular flexibility index (Phi) is 5.53. The van der Waals surface area contributed by atoms with Crippen molar-refractivity contribution in [3.05, 3.63) is 78.4 Å². The minimum atomic E-state index is 0.00814. The molecule has 2 aromatic heterocycles. The summed E-state index contributed by atoms with van der Waals surface area (Å²) in [6.45, 7) is 2.85. The number of para-hydroxylation sites is 2. The van der Waals surface area contributed by atoms with Gasteiger partial charge in [-0.2, -0.15) is 4.52 Å². The summed E-state index contributed by atoms with van der Waals surface area (Å²) in [7, 11) is 1.66. The van der Waals surface area contributed by atoms with Crippen LogP contribution >= 0.6 is 0 Å². The summed E-state index contributed by atoms with van der Waals surface area (Å²) >= 11 is 0. The van der Waals surface area contributed by atoms with Gasteiger partial charge in [-0.25, -0.2) is 4.98 Å². The molecule has 3 aromatic carbocycles. The van der Waals surface area contributed by atoms with Crippen molar-refractivity contribution in [2.24, 2.45) is 0 Å². The van der Waals surface area contributed by atoms with Crippen molar-refractivity contribution in [2.75, 3.05) is 43.5 Å². The highest BCUT2D eigenvalue weighted by atomic mass is 16.5. The average Bonchev–Trinajstić information content (AvgIpc) is 3.44. The maximum Gasteiger partial charge on any atom is 0.254 e. The Morgan fingerprint density at radius 1 is 0.944 bits per heavy atom. The molecule has 3 heterocycles. The molecule has 0 saturated carbocycles. The number of carbonyl (C=O) groups excluding carboxylic acids is 1. The molecule has 180 valence electrons. The molecule has 0 bridgehead atoms. The predicted molar refractivity (Wildman–Crippen MR) is 137 cm³/mol. The van der Waals surface area contributed by atoms with Crippen LogP contribution in [0.25, 0.3) is 16.7 Å². The van der Waals surface area contributed by atoms with E-state index in [0.717, 1.165) is 41.2 Å². The van der Waals surface area contributed by atoms with Gasteiger partial charge in [0.2, 0.25) is 5.65 Å². The summed E-state index contributed by atoms with van der Waals surface area (Å²) in [5, 5.41) is 15.3. The van der Waals surface area contributed by atoms with Gasteiger partial charge in [0.05, 0.1) is 18.1 Å². The Balaban J connectivity index is 1.18. The van der Waals surface area contributed by atoms with Crippen molar-refractivity contribution in [3.63, 3.8) is 0 Å². The van der Waals surface area contributed by atoms with Gasteiger partial charge in [0, 0.05) is 43.1 Å². The van der Waals surface area contributed by atoms with E-state index in [9.17, 15) is 4.79 Å². The molecule has 0 aliphatic carbocycles. The third kappa shape index (κ3) is 4.02. The normalized spacial score (nSPS) is 13.8. The Hall–Kier alpha value is -4.73. The maximum absolute atomic E-state index is 13.3. The molecule has 1 fully saturated rings. The molecule has 0 radical (unpaired) electrons. The average molecular weight is 481 g/mol. The molecular weight excluding hydrogens is 456 g/mol. The van der Waals surface area contributed by atoms with E-state index < -0.39 is 0 Å². The number of fused-ring (bicyclic) bond motifs is 3. The van der Waals surface area contributed by atoms with Gasteiger partial charge in [0.25, 0.3) is 5.91 Å². The zero-order valence-electron chi connectivity index (χ0n) is 19.7. The number of carbonyl (C=O) groups is 1. The second-order valence-corrected chi connectivity index (χ2v) is 8.55. The number of nitrogens with zero attached hydrogens (tertiary/aromatic N) is 7. The molecule has 1 saturated heterocycles. The predicted octanol–water partition coefficient (Wildman–Crippen LogP) is 3.39. The van der Waals surface area contributed by atoms with Gasteiger partial charge in [-0.3, -0.25) is 4.79 Å². The van der Waals surface area contributed by atoms with Crippen LogP contribution in [0.4, 0.5) is 17.2 Å². The number of hydrogen-bond donors (Lipinski definition) is 1. The number of nitrogens with one attached hydrogen (secondary N) is 1. The Labute approximate surface area is 207 Å². The molecule has 5 aromatic rings. The number of rotatable bonds is 5. The fraction of sp³-hybridized carbons (Fsp3) is 0.192. The van der Waals surface area contributed by atoms with E-state index in [1.54, 1.807) is 11.6 Å². The van der Waals surface area contributed by atoms with Crippen molar-refractivity contribution in [1.29, 1.82) is 0 Å². The Morgan fingerprint density at radius 3 is 2.56 bits per heavy atom. The lowest BCUT2D eigenvalue weighted by molar-refractivity contribution is 0.0747. The largest absolute Gasteiger partial charge is 0.497 e. The first-order chi connectivity index (χ1) is 17.7. The monoisotopic (exact) mass is 480 g/mol. The molecule has 0 spiro atoms. The van der Waals surface area contributed by atoms with Crippen molar-refractivity contribution >= 4 is 39.8 Å². The molecule has 6 rings (SSSR count). The Bertz CT molecular complexity index is 1540. The van der Waals surface area contributed by atoms with E-state index in [-0.39, 0.29) is 5.91 Å². The number of piperazine rings is 1. The number of anilines is 3. The van der Waals surface area contributed by atoms with Gasteiger partial charge in [-0.05, 0) is 65.0 Å². The molecule has 10 nitrogen and oxygen atoms in total. The number of hydrogen-bond acceptors (Lipinski definition) is 8. The summed E-state index contributed by atoms with van der Waals surface area (Å²) in [5.74, 6) is 1.37. The SMILES string of the molecule is COc1ccc(N2CCN(C(=O)c3cccc(Nc4nc5ccccc5n5nnnc45)c3)CC2)cc1. The van der Waals surface area contributed by atoms with Gasteiger partial charge in [0.1, 0.15) is 5.75 Å². The molecule has 1 aliphatic heterocycles. The van der Waals surface area contributed by atoms with Crippen LogP contribution in [0.1, 0.15) is 10.4 Å².